The number of aliphatic hydroxyl groups is 1. The van der Waals surface area contributed by atoms with Crippen molar-refractivity contribution in [1.29, 1.82) is 0 Å². The molecule has 0 spiro atoms. The number of halogens is 2. The Morgan fingerprint density at radius 1 is 1.33 bits per heavy atom. The first kappa shape index (κ1) is 14.3. The zero-order valence-electron chi connectivity index (χ0n) is 10.3. The van der Waals surface area contributed by atoms with Crippen LogP contribution in [0.2, 0.25) is 5.02 Å². The van der Waals surface area contributed by atoms with Crippen LogP contribution in [0.15, 0.2) is 22.7 Å². The van der Waals surface area contributed by atoms with Crippen molar-refractivity contribution in [3.63, 3.8) is 0 Å². The van der Waals surface area contributed by atoms with Gasteiger partial charge in [0.1, 0.15) is 0 Å². The zero-order chi connectivity index (χ0) is 13.2. The van der Waals surface area contributed by atoms with Gasteiger partial charge in [0, 0.05) is 21.5 Å². The van der Waals surface area contributed by atoms with Gasteiger partial charge in [0.25, 0.3) is 0 Å². The predicted molar refractivity (Wildman–Crippen MR) is 78.7 cm³/mol. The van der Waals surface area contributed by atoms with Crippen LogP contribution >= 0.6 is 27.5 Å². The third-order valence-corrected chi connectivity index (χ3v) is 4.91. The van der Waals surface area contributed by atoms with Crippen LogP contribution in [0.25, 0.3) is 0 Å². The molecule has 1 aromatic carbocycles. The molecule has 0 saturated heterocycles. The van der Waals surface area contributed by atoms with Gasteiger partial charge in [-0.3, -0.25) is 0 Å². The van der Waals surface area contributed by atoms with Crippen molar-refractivity contribution in [3.8, 4) is 0 Å². The smallest absolute Gasteiger partial charge is 0.0872 e. The number of rotatable bonds is 3. The molecule has 2 nitrogen and oxygen atoms in total. The summed E-state index contributed by atoms with van der Waals surface area (Å²) in [5.41, 5.74) is 6.54. The summed E-state index contributed by atoms with van der Waals surface area (Å²) in [5, 5.41) is 11.3. The molecule has 4 heteroatoms. The Hall–Kier alpha value is -0.0900. The van der Waals surface area contributed by atoms with E-state index in [1.807, 2.05) is 18.2 Å². The van der Waals surface area contributed by atoms with Crippen molar-refractivity contribution < 1.29 is 5.11 Å². The van der Waals surface area contributed by atoms with Crippen molar-refractivity contribution in [3.05, 3.63) is 33.3 Å². The molecule has 2 rings (SSSR count). The van der Waals surface area contributed by atoms with Crippen LogP contribution in [-0.2, 0) is 0 Å². The summed E-state index contributed by atoms with van der Waals surface area (Å²) >= 11 is 9.61. The van der Waals surface area contributed by atoms with Gasteiger partial charge < -0.3 is 10.8 Å². The highest BCUT2D eigenvalue weighted by atomic mass is 79.9. The lowest BCUT2D eigenvalue weighted by atomic mass is 9.68. The summed E-state index contributed by atoms with van der Waals surface area (Å²) < 4.78 is 0.925. The highest BCUT2D eigenvalue weighted by Gasteiger charge is 2.39. The highest BCUT2D eigenvalue weighted by Crippen LogP contribution is 2.46. The molecule has 1 fully saturated rings. The van der Waals surface area contributed by atoms with E-state index in [1.165, 1.54) is 6.42 Å². The highest BCUT2D eigenvalue weighted by molar-refractivity contribution is 9.10. The Morgan fingerprint density at radius 3 is 2.56 bits per heavy atom. The Morgan fingerprint density at radius 2 is 2.00 bits per heavy atom. The molecule has 0 heterocycles. The van der Waals surface area contributed by atoms with Gasteiger partial charge in [-0.2, -0.15) is 0 Å². The zero-order valence-corrected chi connectivity index (χ0v) is 12.7. The van der Waals surface area contributed by atoms with Crippen LogP contribution in [0.4, 0.5) is 0 Å². The van der Waals surface area contributed by atoms with E-state index in [0.29, 0.717) is 11.6 Å². The number of nitrogens with two attached hydrogens (primary N) is 1. The van der Waals surface area contributed by atoms with Gasteiger partial charge in [-0.25, -0.2) is 0 Å². The van der Waals surface area contributed by atoms with E-state index < -0.39 is 6.10 Å². The minimum absolute atomic E-state index is 0.199. The van der Waals surface area contributed by atoms with E-state index in [1.54, 1.807) is 0 Å². The van der Waals surface area contributed by atoms with Gasteiger partial charge in [-0.05, 0) is 30.5 Å². The lowest BCUT2D eigenvalue weighted by molar-refractivity contribution is 0.000758. The van der Waals surface area contributed by atoms with Crippen LogP contribution < -0.4 is 5.73 Å². The standard InChI is InChI=1S/C14H19BrClNO/c15-10-4-5-11(12(16)8-10)13(18)14(9-17)6-2-1-3-7-14/h4-5,8,13,18H,1-3,6-7,9,17H2. The van der Waals surface area contributed by atoms with Crippen LogP contribution in [0, 0.1) is 5.41 Å². The molecular weight excluding hydrogens is 314 g/mol. The summed E-state index contributed by atoms with van der Waals surface area (Å²) in [4.78, 5) is 0. The molecule has 1 unspecified atom stereocenters. The van der Waals surface area contributed by atoms with Gasteiger partial charge in [0.15, 0.2) is 0 Å². The molecular formula is C14H19BrClNO. The molecule has 1 saturated carbocycles. The van der Waals surface area contributed by atoms with Gasteiger partial charge in [-0.1, -0.05) is 52.9 Å². The van der Waals surface area contributed by atoms with E-state index in [4.69, 9.17) is 17.3 Å². The number of hydrogen-bond donors (Lipinski definition) is 2. The summed E-state index contributed by atoms with van der Waals surface area (Å²) in [6.45, 7) is 0.514. The quantitative estimate of drug-likeness (QED) is 0.877. The summed E-state index contributed by atoms with van der Waals surface area (Å²) in [7, 11) is 0. The van der Waals surface area contributed by atoms with Gasteiger partial charge in [0.2, 0.25) is 0 Å². The van der Waals surface area contributed by atoms with Gasteiger partial charge in [-0.15, -0.1) is 0 Å². The van der Waals surface area contributed by atoms with Crippen molar-refractivity contribution in [2.45, 2.75) is 38.2 Å². The molecule has 1 aromatic rings. The van der Waals surface area contributed by atoms with Crippen molar-refractivity contribution in [2.75, 3.05) is 6.54 Å². The molecule has 100 valence electrons. The van der Waals surface area contributed by atoms with Crippen molar-refractivity contribution >= 4 is 27.5 Å². The average Bonchev–Trinajstić information content (AvgIpc) is 2.39. The Balaban J connectivity index is 2.30. The number of hydrogen-bond acceptors (Lipinski definition) is 2. The molecule has 1 atom stereocenters. The molecule has 0 bridgehead atoms. The van der Waals surface area contributed by atoms with E-state index in [9.17, 15) is 5.11 Å². The fourth-order valence-electron chi connectivity index (χ4n) is 2.90. The van der Waals surface area contributed by atoms with Gasteiger partial charge >= 0.3 is 0 Å². The maximum absolute atomic E-state index is 10.7. The van der Waals surface area contributed by atoms with Crippen LogP contribution in [0.1, 0.15) is 43.8 Å². The second-order valence-corrected chi connectivity index (χ2v) is 6.52. The average molecular weight is 333 g/mol. The molecule has 3 N–H and O–H groups in total. The van der Waals surface area contributed by atoms with Crippen LogP contribution in [0.5, 0.6) is 0 Å². The molecule has 0 aromatic heterocycles. The largest absolute Gasteiger partial charge is 0.388 e. The lowest BCUT2D eigenvalue weighted by Gasteiger charge is -2.40. The minimum atomic E-state index is -0.566. The first-order valence-corrected chi connectivity index (χ1v) is 7.59. The third kappa shape index (κ3) is 2.74. The van der Waals surface area contributed by atoms with Crippen molar-refractivity contribution in [2.24, 2.45) is 11.1 Å². The predicted octanol–water partition coefficient (Wildman–Crippen LogP) is 4.05. The second-order valence-electron chi connectivity index (χ2n) is 5.20. The monoisotopic (exact) mass is 331 g/mol. The van der Waals surface area contributed by atoms with E-state index in [-0.39, 0.29) is 5.41 Å². The Kier molecular flexibility index (Phi) is 4.70. The molecule has 0 aliphatic heterocycles. The van der Waals surface area contributed by atoms with E-state index in [2.05, 4.69) is 15.9 Å². The van der Waals surface area contributed by atoms with E-state index >= 15 is 0 Å². The maximum Gasteiger partial charge on any atom is 0.0872 e. The van der Waals surface area contributed by atoms with E-state index in [0.717, 1.165) is 35.7 Å². The first-order chi connectivity index (χ1) is 8.59. The third-order valence-electron chi connectivity index (χ3n) is 4.09. The molecule has 0 amide bonds. The van der Waals surface area contributed by atoms with Crippen molar-refractivity contribution in [1.82, 2.24) is 0 Å². The molecule has 18 heavy (non-hydrogen) atoms. The fraction of sp³-hybridized carbons (Fsp3) is 0.571. The normalized spacial score (nSPS) is 20.7. The molecule has 1 aliphatic rings. The molecule has 0 radical (unpaired) electrons. The van der Waals surface area contributed by atoms with Crippen LogP contribution in [-0.4, -0.2) is 11.7 Å². The van der Waals surface area contributed by atoms with Gasteiger partial charge in [0.05, 0.1) is 6.10 Å². The topological polar surface area (TPSA) is 46.2 Å². The number of benzene rings is 1. The number of aliphatic hydroxyl groups excluding tert-OH is 1. The second kappa shape index (κ2) is 5.91. The summed E-state index contributed by atoms with van der Waals surface area (Å²) in [6, 6.07) is 5.63. The Bertz CT molecular complexity index is 418. The summed E-state index contributed by atoms with van der Waals surface area (Å²) in [6.07, 6.45) is 4.92. The minimum Gasteiger partial charge on any atom is -0.388 e. The summed E-state index contributed by atoms with van der Waals surface area (Å²) in [5.74, 6) is 0. The van der Waals surface area contributed by atoms with Crippen LogP contribution in [0.3, 0.4) is 0 Å². The maximum atomic E-state index is 10.7. The fourth-order valence-corrected chi connectivity index (χ4v) is 3.67. The lowest BCUT2D eigenvalue weighted by Crippen LogP contribution is -2.38. The first-order valence-electron chi connectivity index (χ1n) is 6.42. The SMILES string of the molecule is NCC1(C(O)c2ccc(Br)cc2Cl)CCCCC1. The Labute approximate surface area is 122 Å². The molecule has 1 aliphatic carbocycles.